The van der Waals surface area contributed by atoms with Crippen LogP contribution in [0.25, 0.3) is 0 Å². The summed E-state index contributed by atoms with van der Waals surface area (Å²) >= 11 is 0. The van der Waals surface area contributed by atoms with Crippen LogP contribution in [0.5, 0.6) is 5.75 Å². The Morgan fingerprint density at radius 1 is 1.27 bits per heavy atom. The van der Waals surface area contributed by atoms with Gasteiger partial charge in [-0.3, -0.25) is 5.10 Å². The molecule has 2 aromatic rings. The predicted octanol–water partition coefficient (Wildman–Crippen LogP) is 0.876. The first kappa shape index (κ1) is 9.67. The van der Waals surface area contributed by atoms with Crippen molar-refractivity contribution in [2.75, 3.05) is 0 Å². The van der Waals surface area contributed by atoms with E-state index < -0.39 is 0 Å². The molecule has 78 valence electrons. The van der Waals surface area contributed by atoms with Crippen molar-refractivity contribution in [2.24, 2.45) is 0 Å². The first-order valence-electron chi connectivity index (χ1n) is 4.57. The third-order valence-corrected chi connectivity index (χ3v) is 1.84. The summed E-state index contributed by atoms with van der Waals surface area (Å²) in [6.07, 6.45) is 0. The molecule has 0 aliphatic heterocycles. The highest BCUT2D eigenvalue weighted by atomic mass is 16.5. The Morgan fingerprint density at radius 2 is 2.07 bits per heavy atom. The molecule has 2 N–H and O–H groups in total. The monoisotopic (exact) mass is 205 g/mol. The summed E-state index contributed by atoms with van der Waals surface area (Å²) < 4.78 is 5.43. The van der Waals surface area contributed by atoms with Gasteiger partial charge >= 0.3 is 0 Å². The fourth-order valence-electron chi connectivity index (χ4n) is 1.14. The standard InChI is InChI=1S/C10H11N3O2/c14-6-9-11-10(13-12-9)7-15-8-4-2-1-3-5-8/h1-5,14H,6-7H2,(H,11,12,13). The number of aliphatic hydroxyl groups is 1. The molecule has 0 saturated carbocycles. The van der Waals surface area contributed by atoms with Gasteiger partial charge in [-0.15, -0.1) is 0 Å². The van der Waals surface area contributed by atoms with Crippen LogP contribution in [-0.4, -0.2) is 20.3 Å². The lowest BCUT2D eigenvalue weighted by molar-refractivity contribution is 0.270. The third-order valence-electron chi connectivity index (χ3n) is 1.84. The van der Waals surface area contributed by atoms with Gasteiger partial charge in [0.05, 0.1) is 0 Å². The van der Waals surface area contributed by atoms with Crippen molar-refractivity contribution in [3.8, 4) is 5.75 Å². The van der Waals surface area contributed by atoms with Crippen molar-refractivity contribution in [3.05, 3.63) is 42.0 Å². The van der Waals surface area contributed by atoms with Gasteiger partial charge in [-0.05, 0) is 12.1 Å². The lowest BCUT2D eigenvalue weighted by Crippen LogP contribution is -1.97. The average molecular weight is 205 g/mol. The molecule has 0 saturated heterocycles. The van der Waals surface area contributed by atoms with Gasteiger partial charge in [0.2, 0.25) is 0 Å². The van der Waals surface area contributed by atoms with Crippen LogP contribution in [0.3, 0.4) is 0 Å². The maximum atomic E-state index is 8.75. The number of nitrogens with one attached hydrogen (secondary N) is 1. The van der Waals surface area contributed by atoms with Crippen LogP contribution in [0.2, 0.25) is 0 Å². The molecule has 5 heteroatoms. The Balaban J connectivity index is 1.93. The molecule has 15 heavy (non-hydrogen) atoms. The van der Waals surface area contributed by atoms with Crippen LogP contribution in [0.15, 0.2) is 30.3 Å². The van der Waals surface area contributed by atoms with Crippen LogP contribution >= 0.6 is 0 Å². The van der Waals surface area contributed by atoms with Crippen LogP contribution in [0.1, 0.15) is 11.6 Å². The first-order chi connectivity index (χ1) is 7.38. The molecule has 1 heterocycles. The number of aromatic amines is 1. The second-order valence-electron chi connectivity index (χ2n) is 2.96. The quantitative estimate of drug-likeness (QED) is 0.777. The number of aromatic nitrogens is 3. The van der Waals surface area contributed by atoms with E-state index in [1.807, 2.05) is 30.3 Å². The number of benzene rings is 1. The number of aliphatic hydroxyl groups excluding tert-OH is 1. The van der Waals surface area contributed by atoms with Crippen molar-refractivity contribution in [2.45, 2.75) is 13.2 Å². The van der Waals surface area contributed by atoms with Gasteiger partial charge < -0.3 is 9.84 Å². The van der Waals surface area contributed by atoms with Gasteiger partial charge in [0.25, 0.3) is 0 Å². The minimum atomic E-state index is -0.165. The van der Waals surface area contributed by atoms with Gasteiger partial charge in [-0.1, -0.05) is 18.2 Å². The zero-order chi connectivity index (χ0) is 10.5. The maximum Gasteiger partial charge on any atom is 0.176 e. The topological polar surface area (TPSA) is 71.0 Å². The second kappa shape index (κ2) is 4.56. The van der Waals surface area contributed by atoms with Crippen molar-refractivity contribution >= 4 is 0 Å². The average Bonchev–Trinajstić information content (AvgIpc) is 2.76. The molecule has 0 unspecified atom stereocenters. The molecule has 0 atom stereocenters. The van der Waals surface area contributed by atoms with E-state index in [-0.39, 0.29) is 6.61 Å². The summed E-state index contributed by atoms with van der Waals surface area (Å²) in [6, 6.07) is 9.45. The Kier molecular flexibility index (Phi) is 2.94. The van der Waals surface area contributed by atoms with E-state index in [1.165, 1.54) is 0 Å². The zero-order valence-electron chi connectivity index (χ0n) is 8.05. The number of nitrogens with zero attached hydrogens (tertiary/aromatic N) is 2. The number of hydrogen-bond acceptors (Lipinski definition) is 4. The van der Waals surface area contributed by atoms with Gasteiger partial charge in [-0.25, -0.2) is 4.98 Å². The van der Waals surface area contributed by atoms with Gasteiger partial charge in [0.15, 0.2) is 11.6 Å². The summed E-state index contributed by atoms with van der Waals surface area (Å²) in [7, 11) is 0. The van der Waals surface area contributed by atoms with E-state index in [1.54, 1.807) is 0 Å². The summed E-state index contributed by atoms with van der Waals surface area (Å²) in [5.41, 5.74) is 0. The van der Waals surface area contributed by atoms with Crippen molar-refractivity contribution in [1.82, 2.24) is 15.2 Å². The molecule has 5 nitrogen and oxygen atoms in total. The number of rotatable bonds is 4. The van der Waals surface area contributed by atoms with Gasteiger partial charge in [-0.2, -0.15) is 5.10 Å². The highest BCUT2D eigenvalue weighted by Crippen LogP contribution is 2.09. The molecule has 0 aliphatic carbocycles. The SMILES string of the molecule is OCc1n[nH]c(COc2ccccc2)n1. The van der Waals surface area contributed by atoms with E-state index in [0.717, 1.165) is 5.75 Å². The van der Waals surface area contributed by atoms with E-state index in [9.17, 15) is 0 Å². The summed E-state index contributed by atoms with van der Waals surface area (Å²) in [5, 5.41) is 15.2. The van der Waals surface area contributed by atoms with Crippen LogP contribution < -0.4 is 4.74 Å². The smallest absolute Gasteiger partial charge is 0.176 e. The highest BCUT2D eigenvalue weighted by Gasteiger charge is 2.01. The molecule has 2 rings (SSSR count). The molecule has 0 aliphatic rings. The number of para-hydroxylation sites is 1. The molecule has 0 bridgehead atoms. The lowest BCUT2D eigenvalue weighted by Gasteiger charge is -2.02. The Morgan fingerprint density at radius 3 is 2.73 bits per heavy atom. The zero-order valence-corrected chi connectivity index (χ0v) is 8.05. The van der Waals surface area contributed by atoms with E-state index in [4.69, 9.17) is 9.84 Å². The molecule has 0 spiro atoms. The van der Waals surface area contributed by atoms with Crippen molar-refractivity contribution in [1.29, 1.82) is 0 Å². The molecule has 1 aromatic carbocycles. The molecular weight excluding hydrogens is 194 g/mol. The maximum absolute atomic E-state index is 8.75. The summed E-state index contributed by atoms with van der Waals surface area (Å²) in [5.74, 6) is 1.75. The van der Waals surface area contributed by atoms with E-state index in [0.29, 0.717) is 18.3 Å². The molecule has 0 amide bonds. The summed E-state index contributed by atoms with van der Waals surface area (Å²) in [6.45, 7) is 0.152. The summed E-state index contributed by atoms with van der Waals surface area (Å²) in [4.78, 5) is 4.00. The Hall–Kier alpha value is -1.88. The minimum Gasteiger partial charge on any atom is -0.486 e. The fraction of sp³-hybridized carbons (Fsp3) is 0.200. The fourth-order valence-corrected chi connectivity index (χ4v) is 1.14. The largest absolute Gasteiger partial charge is 0.486 e. The van der Waals surface area contributed by atoms with E-state index in [2.05, 4.69) is 15.2 Å². The van der Waals surface area contributed by atoms with E-state index >= 15 is 0 Å². The molecule has 0 radical (unpaired) electrons. The number of H-pyrrole nitrogens is 1. The van der Waals surface area contributed by atoms with Crippen molar-refractivity contribution in [3.63, 3.8) is 0 Å². The van der Waals surface area contributed by atoms with Gasteiger partial charge in [0.1, 0.15) is 19.0 Å². The normalized spacial score (nSPS) is 10.2. The highest BCUT2D eigenvalue weighted by molar-refractivity contribution is 5.20. The number of hydrogen-bond donors (Lipinski definition) is 2. The van der Waals surface area contributed by atoms with Crippen LogP contribution in [0.4, 0.5) is 0 Å². The molecule has 1 aromatic heterocycles. The van der Waals surface area contributed by atoms with Crippen LogP contribution in [0, 0.1) is 0 Å². The molecular formula is C10H11N3O2. The third kappa shape index (κ3) is 2.54. The Labute approximate surface area is 86.7 Å². The number of ether oxygens (including phenoxy) is 1. The first-order valence-corrected chi connectivity index (χ1v) is 4.57. The second-order valence-corrected chi connectivity index (χ2v) is 2.96. The minimum absolute atomic E-state index is 0.165. The van der Waals surface area contributed by atoms with Gasteiger partial charge in [0, 0.05) is 0 Å². The lowest BCUT2D eigenvalue weighted by atomic mass is 10.3. The van der Waals surface area contributed by atoms with Crippen molar-refractivity contribution < 1.29 is 9.84 Å². The molecule has 0 fully saturated rings. The Bertz CT molecular complexity index is 414. The predicted molar refractivity (Wildman–Crippen MR) is 53.1 cm³/mol. The van der Waals surface area contributed by atoms with Crippen LogP contribution in [-0.2, 0) is 13.2 Å².